The number of hydrogen-bond donors (Lipinski definition) is 2. The number of nitrogens with zero attached hydrogens (tertiary/aromatic N) is 1. The van der Waals surface area contributed by atoms with Crippen LogP contribution in [0.25, 0.3) is 0 Å². The molecule has 0 aliphatic heterocycles. The lowest BCUT2D eigenvalue weighted by atomic mass is 10.1. The molecule has 0 bridgehead atoms. The fraction of sp³-hybridized carbons (Fsp3) is 0.143. The lowest BCUT2D eigenvalue weighted by molar-refractivity contribution is 0.102. The van der Waals surface area contributed by atoms with Gasteiger partial charge < -0.3 is 20.5 Å². The molecule has 0 unspecified atom stereocenters. The molecule has 0 fully saturated rings. The number of rotatable bonds is 6. The molecular weight excluding hydrogens is 469 g/mol. The van der Waals surface area contributed by atoms with E-state index in [4.69, 9.17) is 15.2 Å². The molecule has 1 amide bonds. The highest BCUT2D eigenvalue weighted by Crippen LogP contribution is 2.28. The fourth-order valence-corrected chi connectivity index (χ4v) is 3.12. The Morgan fingerprint density at radius 2 is 1.96 bits per heavy atom. The van der Waals surface area contributed by atoms with Crippen LogP contribution in [-0.4, -0.2) is 18.0 Å². The van der Waals surface area contributed by atoms with Crippen LogP contribution in [0.4, 0.5) is 11.5 Å². The highest BCUT2D eigenvalue weighted by Gasteiger charge is 2.15. The first-order chi connectivity index (χ1) is 13.5. The zero-order valence-corrected chi connectivity index (χ0v) is 17.7. The van der Waals surface area contributed by atoms with Crippen LogP contribution >= 0.6 is 22.6 Å². The van der Waals surface area contributed by atoms with E-state index in [0.717, 1.165) is 14.9 Å². The number of carbonyl (C=O) groups excluding carboxylic acids is 1. The van der Waals surface area contributed by atoms with Crippen molar-refractivity contribution < 1.29 is 14.3 Å². The van der Waals surface area contributed by atoms with E-state index in [2.05, 4.69) is 32.9 Å². The van der Waals surface area contributed by atoms with Gasteiger partial charge in [0.1, 0.15) is 17.3 Å². The summed E-state index contributed by atoms with van der Waals surface area (Å²) in [7, 11) is 1.59. The van der Waals surface area contributed by atoms with Crippen molar-refractivity contribution >= 4 is 40.0 Å². The standard InChI is InChI=1S/C21H20IN3O3/c1-13-10-16(20(23)25-18(13)12-27-2)21(26)24-14-6-5-7-15(11-14)28-19-9-4-3-8-17(19)22/h3-11H,12H2,1-2H3,(H2,23,25)(H,24,26). The maximum absolute atomic E-state index is 12.7. The summed E-state index contributed by atoms with van der Waals surface area (Å²) in [5.41, 5.74) is 8.45. The third-order valence-electron chi connectivity index (χ3n) is 4.03. The van der Waals surface area contributed by atoms with Crippen molar-refractivity contribution in [3.05, 3.63) is 75.0 Å². The number of pyridine rings is 1. The normalized spacial score (nSPS) is 10.5. The second-order valence-electron chi connectivity index (χ2n) is 6.13. The minimum Gasteiger partial charge on any atom is -0.456 e. The van der Waals surface area contributed by atoms with Gasteiger partial charge in [-0.25, -0.2) is 4.98 Å². The van der Waals surface area contributed by atoms with Crippen LogP contribution in [0.1, 0.15) is 21.6 Å². The molecule has 0 aliphatic rings. The molecule has 3 aromatic rings. The molecule has 0 radical (unpaired) electrons. The van der Waals surface area contributed by atoms with Gasteiger partial charge in [-0.1, -0.05) is 18.2 Å². The number of nitrogens with one attached hydrogen (secondary N) is 1. The van der Waals surface area contributed by atoms with Gasteiger partial charge in [0.2, 0.25) is 0 Å². The molecular formula is C21H20IN3O3. The van der Waals surface area contributed by atoms with E-state index in [1.54, 1.807) is 25.3 Å². The number of para-hydroxylation sites is 1. The fourth-order valence-electron chi connectivity index (χ4n) is 2.62. The minimum absolute atomic E-state index is 0.168. The summed E-state index contributed by atoms with van der Waals surface area (Å²) in [6.07, 6.45) is 0. The lowest BCUT2D eigenvalue weighted by Gasteiger charge is -2.12. The molecule has 7 heteroatoms. The number of nitrogen functional groups attached to an aromatic ring is 1. The van der Waals surface area contributed by atoms with Gasteiger partial charge in [0.25, 0.3) is 5.91 Å². The van der Waals surface area contributed by atoms with E-state index in [-0.39, 0.29) is 11.7 Å². The number of halogens is 1. The summed E-state index contributed by atoms with van der Waals surface area (Å²) >= 11 is 2.21. The van der Waals surface area contributed by atoms with Crippen LogP contribution in [0.5, 0.6) is 11.5 Å². The topological polar surface area (TPSA) is 86.5 Å². The first kappa shape index (κ1) is 20.1. The molecule has 28 heavy (non-hydrogen) atoms. The highest BCUT2D eigenvalue weighted by molar-refractivity contribution is 14.1. The molecule has 6 nitrogen and oxygen atoms in total. The molecule has 3 N–H and O–H groups in total. The van der Waals surface area contributed by atoms with Gasteiger partial charge in [-0.15, -0.1) is 0 Å². The van der Waals surface area contributed by atoms with E-state index >= 15 is 0 Å². The third-order valence-corrected chi connectivity index (χ3v) is 4.92. The van der Waals surface area contributed by atoms with E-state index in [1.165, 1.54) is 0 Å². The number of amides is 1. The first-order valence-electron chi connectivity index (χ1n) is 8.56. The van der Waals surface area contributed by atoms with Gasteiger partial charge in [0.05, 0.1) is 21.4 Å². The Hall–Kier alpha value is -2.65. The third kappa shape index (κ3) is 4.79. The predicted octanol–water partition coefficient (Wildman–Crippen LogP) is 4.77. The van der Waals surface area contributed by atoms with Gasteiger partial charge in [0, 0.05) is 18.9 Å². The van der Waals surface area contributed by atoms with Crippen molar-refractivity contribution in [2.24, 2.45) is 0 Å². The molecule has 0 atom stereocenters. The van der Waals surface area contributed by atoms with Crippen LogP contribution in [0.3, 0.4) is 0 Å². The first-order valence-corrected chi connectivity index (χ1v) is 9.64. The Bertz CT molecular complexity index is 1010. The summed E-state index contributed by atoms with van der Waals surface area (Å²) in [5.74, 6) is 1.22. The zero-order chi connectivity index (χ0) is 20.1. The number of hydrogen-bond acceptors (Lipinski definition) is 5. The highest BCUT2D eigenvalue weighted by atomic mass is 127. The molecule has 2 aromatic carbocycles. The number of anilines is 2. The van der Waals surface area contributed by atoms with Gasteiger partial charge in [-0.05, 0) is 65.4 Å². The van der Waals surface area contributed by atoms with Crippen molar-refractivity contribution in [1.82, 2.24) is 4.98 Å². The smallest absolute Gasteiger partial charge is 0.259 e. The molecule has 3 rings (SSSR count). The van der Waals surface area contributed by atoms with Crippen molar-refractivity contribution in [3.8, 4) is 11.5 Å². The summed E-state index contributed by atoms with van der Waals surface area (Å²) < 4.78 is 12.0. The Morgan fingerprint density at radius 1 is 1.18 bits per heavy atom. The number of methoxy groups -OCH3 is 1. The van der Waals surface area contributed by atoms with Crippen LogP contribution in [-0.2, 0) is 11.3 Å². The number of nitrogens with two attached hydrogens (primary N) is 1. The van der Waals surface area contributed by atoms with Crippen LogP contribution < -0.4 is 15.8 Å². The second-order valence-corrected chi connectivity index (χ2v) is 7.29. The summed E-state index contributed by atoms with van der Waals surface area (Å²) in [4.78, 5) is 17.0. The largest absolute Gasteiger partial charge is 0.456 e. The van der Waals surface area contributed by atoms with E-state index < -0.39 is 0 Å². The zero-order valence-electron chi connectivity index (χ0n) is 15.5. The molecule has 0 saturated heterocycles. The van der Waals surface area contributed by atoms with Gasteiger partial charge >= 0.3 is 0 Å². The van der Waals surface area contributed by atoms with E-state index in [9.17, 15) is 4.79 Å². The van der Waals surface area contributed by atoms with E-state index in [1.807, 2.05) is 43.3 Å². The SMILES string of the molecule is COCc1nc(N)c(C(=O)Nc2cccc(Oc3ccccc3I)c2)cc1C. The number of aryl methyl sites for hydroxylation is 1. The van der Waals surface area contributed by atoms with E-state index in [0.29, 0.717) is 29.3 Å². The van der Waals surface area contributed by atoms with Crippen LogP contribution in [0.15, 0.2) is 54.6 Å². The Kier molecular flexibility index (Phi) is 6.48. The average molecular weight is 489 g/mol. The Balaban J connectivity index is 1.78. The molecule has 0 spiro atoms. The van der Waals surface area contributed by atoms with Crippen molar-refractivity contribution in [1.29, 1.82) is 0 Å². The van der Waals surface area contributed by atoms with Crippen molar-refractivity contribution in [2.75, 3.05) is 18.2 Å². The second kappa shape index (κ2) is 9.03. The molecule has 0 saturated carbocycles. The van der Waals surface area contributed by atoms with Crippen molar-refractivity contribution in [2.45, 2.75) is 13.5 Å². The quantitative estimate of drug-likeness (QED) is 0.488. The molecule has 1 heterocycles. The molecule has 1 aromatic heterocycles. The Labute approximate surface area is 177 Å². The van der Waals surface area contributed by atoms with Gasteiger partial charge in [0.15, 0.2) is 0 Å². The van der Waals surface area contributed by atoms with Crippen LogP contribution in [0, 0.1) is 10.5 Å². The van der Waals surface area contributed by atoms with Gasteiger partial charge in [-0.2, -0.15) is 0 Å². The van der Waals surface area contributed by atoms with Gasteiger partial charge in [-0.3, -0.25) is 4.79 Å². The predicted molar refractivity (Wildman–Crippen MR) is 118 cm³/mol. The maximum Gasteiger partial charge on any atom is 0.259 e. The number of carbonyl (C=O) groups is 1. The Morgan fingerprint density at radius 3 is 2.71 bits per heavy atom. The van der Waals surface area contributed by atoms with Crippen molar-refractivity contribution in [3.63, 3.8) is 0 Å². The number of ether oxygens (including phenoxy) is 2. The van der Waals surface area contributed by atoms with Crippen LogP contribution in [0.2, 0.25) is 0 Å². The monoisotopic (exact) mass is 489 g/mol. The number of aromatic nitrogens is 1. The summed E-state index contributed by atoms with van der Waals surface area (Å²) in [6, 6.07) is 16.6. The maximum atomic E-state index is 12.7. The molecule has 0 aliphatic carbocycles. The average Bonchev–Trinajstić information content (AvgIpc) is 2.67. The lowest BCUT2D eigenvalue weighted by Crippen LogP contribution is -2.16. The molecule has 144 valence electrons. The summed E-state index contributed by atoms with van der Waals surface area (Å²) in [5, 5.41) is 2.85. The number of benzene rings is 2. The summed E-state index contributed by atoms with van der Waals surface area (Å²) in [6.45, 7) is 2.21. The minimum atomic E-state index is -0.330.